The Bertz CT molecular complexity index is 575. The Morgan fingerprint density at radius 1 is 1.12 bits per heavy atom. The third-order valence-corrected chi connectivity index (χ3v) is 3.28. The highest BCUT2D eigenvalue weighted by molar-refractivity contribution is 9.10. The molecule has 0 radical (unpaired) electrons. The highest BCUT2D eigenvalue weighted by atomic mass is 79.9. The van der Waals surface area contributed by atoms with E-state index >= 15 is 0 Å². The van der Waals surface area contributed by atoms with Crippen molar-refractivity contribution < 1.29 is 0 Å². The minimum atomic E-state index is 0.0745. The van der Waals surface area contributed by atoms with Gasteiger partial charge in [-0.05, 0) is 31.5 Å². The highest BCUT2D eigenvalue weighted by Gasteiger charge is 2.02. The summed E-state index contributed by atoms with van der Waals surface area (Å²) in [6, 6.07) is 11.6. The van der Waals surface area contributed by atoms with Crippen molar-refractivity contribution >= 4 is 15.9 Å². The maximum Gasteiger partial charge on any atom is 0.182 e. The molecular formula is C14H14BrNO. The van der Waals surface area contributed by atoms with E-state index in [9.17, 15) is 4.79 Å². The zero-order chi connectivity index (χ0) is 12.4. The first kappa shape index (κ1) is 12.1. The minimum absolute atomic E-state index is 0.0745. The second kappa shape index (κ2) is 4.88. The van der Waals surface area contributed by atoms with Crippen molar-refractivity contribution in [1.29, 1.82) is 0 Å². The van der Waals surface area contributed by atoms with Crippen LogP contribution in [0.5, 0.6) is 0 Å². The Kier molecular flexibility index (Phi) is 3.48. The molecule has 0 atom stereocenters. The SMILES string of the molecule is Cc1cc(=O)cc(C)n1Cc1cccc(Br)c1. The van der Waals surface area contributed by atoms with Crippen LogP contribution >= 0.6 is 15.9 Å². The minimum Gasteiger partial charge on any atom is -0.345 e. The number of hydrogen-bond acceptors (Lipinski definition) is 1. The zero-order valence-electron chi connectivity index (χ0n) is 9.90. The molecule has 3 heteroatoms. The lowest BCUT2D eigenvalue weighted by molar-refractivity contribution is 0.727. The van der Waals surface area contributed by atoms with Crippen molar-refractivity contribution in [2.75, 3.05) is 0 Å². The summed E-state index contributed by atoms with van der Waals surface area (Å²) in [5, 5.41) is 0. The van der Waals surface area contributed by atoms with Crippen LogP contribution in [0, 0.1) is 13.8 Å². The van der Waals surface area contributed by atoms with Crippen LogP contribution in [-0.4, -0.2) is 4.57 Å². The van der Waals surface area contributed by atoms with E-state index in [0.717, 1.165) is 22.4 Å². The standard InChI is InChI=1S/C14H14BrNO/c1-10-6-14(17)7-11(2)16(10)9-12-4-3-5-13(15)8-12/h3-8H,9H2,1-2H3. The van der Waals surface area contributed by atoms with Gasteiger partial charge in [0.25, 0.3) is 0 Å². The van der Waals surface area contributed by atoms with Crippen LogP contribution in [0.3, 0.4) is 0 Å². The van der Waals surface area contributed by atoms with Crippen LogP contribution in [0.4, 0.5) is 0 Å². The Balaban J connectivity index is 2.40. The molecule has 2 nitrogen and oxygen atoms in total. The Hall–Kier alpha value is -1.35. The zero-order valence-corrected chi connectivity index (χ0v) is 11.5. The first-order chi connectivity index (χ1) is 8.06. The molecule has 2 rings (SSSR count). The Morgan fingerprint density at radius 3 is 2.35 bits per heavy atom. The Morgan fingerprint density at radius 2 is 1.76 bits per heavy atom. The topological polar surface area (TPSA) is 22.0 Å². The van der Waals surface area contributed by atoms with Gasteiger partial charge in [-0.3, -0.25) is 4.79 Å². The van der Waals surface area contributed by atoms with E-state index < -0.39 is 0 Å². The first-order valence-corrected chi connectivity index (χ1v) is 6.28. The summed E-state index contributed by atoms with van der Waals surface area (Å²) in [5.41, 5.74) is 3.28. The third kappa shape index (κ3) is 2.86. The van der Waals surface area contributed by atoms with E-state index in [1.54, 1.807) is 12.1 Å². The lowest BCUT2D eigenvalue weighted by Crippen LogP contribution is -2.13. The average Bonchev–Trinajstić information content (AvgIpc) is 2.23. The number of aryl methyl sites for hydroxylation is 2. The van der Waals surface area contributed by atoms with Crippen LogP contribution < -0.4 is 5.43 Å². The summed E-state index contributed by atoms with van der Waals surface area (Å²) in [4.78, 5) is 11.3. The quantitative estimate of drug-likeness (QED) is 0.832. The van der Waals surface area contributed by atoms with Gasteiger partial charge < -0.3 is 4.57 Å². The first-order valence-electron chi connectivity index (χ1n) is 5.49. The summed E-state index contributed by atoms with van der Waals surface area (Å²) in [7, 11) is 0. The van der Waals surface area contributed by atoms with Crippen molar-refractivity contribution in [3.8, 4) is 0 Å². The normalized spacial score (nSPS) is 10.5. The monoisotopic (exact) mass is 291 g/mol. The third-order valence-electron chi connectivity index (χ3n) is 2.78. The van der Waals surface area contributed by atoms with Gasteiger partial charge in [-0.2, -0.15) is 0 Å². The molecule has 0 saturated carbocycles. The molecule has 0 bridgehead atoms. The van der Waals surface area contributed by atoms with Gasteiger partial charge in [-0.1, -0.05) is 28.1 Å². The summed E-state index contributed by atoms with van der Waals surface area (Å²) >= 11 is 3.46. The van der Waals surface area contributed by atoms with Gasteiger partial charge in [-0.15, -0.1) is 0 Å². The molecule has 1 heterocycles. The lowest BCUT2D eigenvalue weighted by atomic mass is 10.2. The van der Waals surface area contributed by atoms with Crippen molar-refractivity contribution in [2.45, 2.75) is 20.4 Å². The van der Waals surface area contributed by atoms with Crippen LogP contribution in [0.2, 0.25) is 0 Å². The molecule has 0 N–H and O–H groups in total. The molecule has 2 aromatic rings. The van der Waals surface area contributed by atoms with Crippen LogP contribution in [0.25, 0.3) is 0 Å². The number of hydrogen-bond donors (Lipinski definition) is 0. The molecule has 0 fully saturated rings. The molecule has 0 unspecified atom stereocenters. The fourth-order valence-corrected chi connectivity index (χ4v) is 2.40. The summed E-state index contributed by atoms with van der Waals surface area (Å²) in [6.45, 7) is 4.72. The summed E-state index contributed by atoms with van der Waals surface area (Å²) in [5.74, 6) is 0. The molecule has 0 spiro atoms. The lowest BCUT2D eigenvalue weighted by Gasteiger charge is -2.14. The second-order valence-corrected chi connectivity index (χ2v) is 5.11. The molecule has 17 heavy (non-hydrogen) atoms. The molecule has 0 aliphatic carbocycles. The van der Waals surface area contributed by atoms with E-state index in [2.05, 4.69) is 32.6 Å². The number of nitrogens with zero attached hydrogens (tertiary/aromatic N) is 1. The van der Waals surface area contributed by atoms with E-state index in [1.165, 1.54) is 5.56 Å². The van der Waals surface area contributed by atoms with Gasteiger partial charge in [-0.25, -0.2) is 0 Å². The predicted molar refractivity (Wildman–Crippen MR) is 73.4 cm³/mol. The second-order valence-electron chi connectivity index (χ2n) is 4.19. The van der Waals surface area contributed by atoms with Gasteiger partial charge in [0.2, 0.25) is 0 Å². The molecule has 0 amide bonds. The molecule has 0 aliphatic heterocycles. The fourth-order valence-electron chi connectivity index (χ4n) is 1.95. The van der Waals surface area contributed by atoms with Crippen LogP contribution in [0.1, 0.15) is 17.0 Å². The van der Waals surface area contributed by atoms with Crippen molar-refractivity contribution in [2.24, 2.45) is 0 Å². The van der Waals surface area contributed by atoms with Gasteiger partial charge in [0, 0.05) is 34.5 Å². The Labute approximate surface area is 109 Å². The smallest absolute Gasteiger partial charge is 0.182 e. The van der Waals surface area contributed by atoms with Gasteiger partial charge in [0.1, 0.15) is 0 Å². The van der Waals surface area contributed by atoms with Crippen molar-refractivity contribution in [1.82, 2.24) is 4.57 Å². The van der Waals surface area contributed by atoms with E-state index in [0.29, 0.717) is 0 Å². The van der Waals surface area contributed by atoms with Crippen molar-refractivity contribution in [3.63, 3.8) is 0 Å². The number of rotatable bonds is 2. The number of pyridine rings is 1. The number of halogens is 1. The van der Waals surface area contributed by atoms with Gasteiger partial charge in [0.15, 0.2) is 5.43 Å². The molecule has 1 aromatic heterocycles. The molecule has 1 aromatic carbocycles. The van der Waals surface area contributed by atoms with Crippen LogP contribution in [0.15, 0.2) is 45.7 Å². The number of benzene rings is 1. The maximum atomic E-state index is 11.3. The summed E-state index contributed by atoms with van der Waals surface area (Å²) < 4.78 is 3.22. The molecule has 0 saturated heterocycles. The largest absolute Gasteiger partial charge is 0.345 e. The van der Waals surface area contributed by atoms with Crippen molar-refractivity contribution in [3.05, 3.63) is 68.0 Å². The maximum absolute atomic E-state index is 11.3. The fraction of sp³-hybridized carbons (Fsp3) is 0.214. The van der Waals surface area contributed by atoms with Gasteiger partial charge >= 0.3 is 0 Å². The van der Waals surface area contributed by atoms with E-state index in [4.69, 9.17) is 0 Å². The molecule has 0 aliphatic rings. The molecule has 88 valence electrons. The predicted octanol–water partition coefficient (Wildman–Crippen LogP) is 3.28. The van der Waals surface area contributed by atoms with E-state index in [-0.39, 0.29) is 5.43 Å². The highest BCUT2D eigenvalue weighted by Crippen LogP contribution is 2.14. The average molecular weight is 292 g/mol. The van der Waals surface area contributed by atoms with E-state index in [1.807, 2.05) is 26.0 Å². The summed E-state index contributed by atoms with van der Waals surface area (Å²) in [6.07, 6.45) is 0. The molecular weight excluding hydrogens is 278 g/mol. The van der Waals surface area contributed by atoms with Gasteiger partial charge in [0.05, 0.1) is 0 Å². The number of aromatic nitrogens is 1. The van der Waals surface area contributed by atoms with Crippen LogP contribution in [-0.2, 0) is 6.54 Å².